The average Bonchev–Trinajstić information content (AvgIpc) is 3.00. The molecule has 5 heteroatoms. The van der Waals surface area contributed by atoms with Gasteiger partial charge in [0.25, 0.3) is 0 Å². The number of nitrogens with one attached hydrogen (secondary N) is 2. The van der Waals surface area contributed by atoms with Crippen molar-refractivity contribution in [2.45, 2.75) is 54.8 Å². The van der Waals surface area contributed by atoms with Crippen molar-refractivity contribution < 1.29 is 4.79 Å². The molecule has 0 spiro atoms. The van der Waals surface area contributed by atoms with Crippen molar-refractivity contribution >= 4 is 23.4 Å². The zero-order chi connectivity index (χ0) is 17.8. The lowest BCUT2D eigenvalue weighted by Crippen LogP contribution is -2.39. The summed E-state index contributed by atoms with van der Waals surface area (Å²) in [5.74, 6) is 1.58. The molecule has 2 aliphatic heterocycles. The summed E-state index contributed by atoms with van der Waals surface area (Å²) in [7, 11) is 0. The maximum absolute atomic E-state index is 12.4. The van der Waals surface area contributed by atoms with Crippen LogP contribution < -0.4 is 10.6 Å². The minimum atomic E-state index is 0.145. The van der Waals surface area contributed by atoms with E-state index < -0.39 is 0 Å². The Morgan fingerprint density at radius 3 is 2.62 bits per heavy atom. The number of aromatic nitrogens is 1. The van der Waals surface area contributed by atoms with Gasteiger partial charge in [-0.25, -0.2) is 0 Å². The molecule has 2 unspecified atom stereocenters. The molecule has 2 fully saturated rings. The molecule has 3 heterocycles. The number of carbonyl (C=O) groups excluding carboxylic acids is 1. The molecule has 4 rings (SSSR count). The van der Waals surface area contributed by atoms with Crippen LogP contribution in [-0.4, -0.2) is 23.0 Å². The first-order valence-corrected chi connectivity index (χ1v) is 10.4. The Labute approximate surface area is 159 Å². The molecular weight excluding hydrogens is 342 g/mol. The van der Waals surface area contributed by atoms with E-state index in [1.165, 1.54) is 23.3 Å². The van der Waals surface area contributed by atoms with E-state index >= 15 is 0 Å². The SMILES string of the molecule is O=C(CC1CC2CCC(C1)N2)Nc1ccc(SCc2cccnc2)cc1. The third-order valence-corrected chi connectivity index (χ3v) is 6.39. The number of anilines is 1. The third kappa shape index (κ3) is 4.65. The highest BCUT2D eigenvalue weighted by atomic mass is 32.2. The number of hydrogen-bond donors (Lipinski definition) is 2. The summed E-state index contributed by atoms with van der Waals surface area (Å²) in [4.78, 5) is 17.7. The van der Waals surface area contributed by atoms with E-state index in [9.17, 15) is 4.79 Å². The molecule has 0 saturated carbocycles. The fraction of sp³-hybridized carbons (Fsp3) is 0.429. The van der Waals surface area contributed by atoms with Crippen LogP contribution in [0.1, 0.15) is 37.7 Å². The fourth-order valence-corrected chi connectivity index (χ4v) is 4.93. The standard InChI is InChI=1S/C21H25N3OS/c25-21(12-16-10-18-3-4-19(11-16)23-18)24-17-5-7-20(8-6-17)26-14-15-2-1-9-22-13-15/h1-2,5-9,13,16,18-19,23H,3-4,10-12,14H2,(H,24,25). The zero-order valence-electron chi connectivity index (χ0n) is 14.9. The van der Waals surface area contributed by atoms with Crippen molar-refractivity contribution in [3.05, 3.63) is 54.4 Å². The Morgan fingerprint density at radius 2 is 1.92 bits per heavy atom. The van der Waals surface area contributed by atoms with Crippen LogP contribution in [0, 0.1) is 5.92 Å². The van der Waals surface area contributed by atoms with Crippen LogP contribution in [0.5, 0.6) is 0 Å². The number of amides is 1. The summed E-state index contributed by atoms with van der Waals surface area (Å²) in [5.41, 5.74) is 2.10. The zero-order valence-corrected chi connectivity index (χ0v) is 15.7. The summed E-state index contributed by atoms with van der Waals surface area (Å²) in [6.45, 7) is 0. The summed E-state index contributed by atoms with van der Waals surface area (Å²) < 4.78 is 0. The van der Waals surface area contributed by atoms with Crippen LogP contribution in [0.3, 0.4) is 0 Å². The predicted octanol–water partition coefficient (Wildman–Crippen LogP) is 4.23. The van der Waals surface area contributed by atoms with Gasteiger partial charge in [0.1, 0.15) is 0 Å². The fourth-order valence-electron chi connectivity index (χ4n) is 4.10. The van der Waals surface area contributed by atoms with E-state index in [4.69, 9.17) is 0 Å². The van der Waals surface area contributed by atoms with E-state index in [0.29, 0.717) is 24.4 Å². The first kappa shape index (κ1) is 17.6. The maximum atomic E-state index is 12.4. The minimum absolute atomic E-state index is 0.145. The van der Waals surface area contributed by atoms with Crippen molar-refractivity contribution in [1.82, 2.24) is 10.3 Å². The molecule has 1 aromatic heterocycles. The van der Waals surface area contributed by atoms with Crippen molar-refractivity contribution in [2.24, 2.45) is 5.92 Å². The molecule has 26 heavy (non-hydrogen) atoms. The number of benzene rings is 1. The highest BCUT2D eigenvalue weighted by molar-refractivity contribution is 7.98. The van der Waals surface area contributed by atoms with Crippen LogP contribution in [0.25, 0.3) is 0 Å². The number of thioether (sulfide) groups is 1. The second kappa shape index (κ2) is 8.23. The topological polar surface area (TPSA) is 54.0 Å². The smallest absolute Gasteiger partial charge is 0.224 e. The lowest BCUT2D eigenvalue weighted by Gasteiger charge is -2.28. The second-order valence-corrected chi connectivity index (χ2v) is 8.45. The van der Waals surface area contributed by atoms with Crippen molar-refractivity contribution in [3.8, 4) is 0 Å². The molecule has 2 atom stereocenters. The largest absolute Gasteiger partial charge is 0.326 e. The van der Waals surface area contributed by atoms with Gasteiger partial charge in [-0.1, -0.05) is 6.07 Å². The van der Waals surface area contributed by atoms with Gasteiger partial charge in [-0.3, -0.25) is 9.78 Å². The minimum Gasteiger partial charge on any atom is -0.326 e. The van der Waals surface area contributed by atoms with E-state index in [0.717, 1.165) is 24.3 Å². The van der Waals surface area contributed by atoms with Gasteiger partial charge in [-0.2, -0.15) is 0 Å². The summed E-state index contributed by atoms with van der Waals surface area (Å²) >= 11 is 1.78. The van der Waals surface area contributed by atoms with Crippen LogP contribution in [0.4, 0.5) is 5.69 Å². The monoisotopic (exact) mass is 367 g/mol. The van der Waals surface area contributed by atoms with Gasteiger partial charge < -0.3 is 10.6 Å². The number of hydrogen-bond acceptors (Lipinski definition) is 4. The molecule has 0 radical (unpaired) electrons. The quantitative estimate of drug-likeness (QED) is 0.750. The molecule has 2 aliphatic rings. The first-order chi connectivity index (χ1) is 12.7. The highest BCUT2D eigenvalue weighted by Crippen LogP contribution is 2.33. The predicted molar refractivity (Wildman–Crippen MR) is 106 cm³/mol. The molecule has 2 N–H and O–H groups in total. The molecule has 1 aromatic carbocycles. The lowest BCUT2D eigenvalue weighted by molar-refractivity contribution is -0.117. The average molecular weight is 368 g/mol. The molecule has 2 bridgehead atoms. The van der Waals surface area contributed by atoms with Gasteiger partial charge in [0.15, 0.2) is 0 Å². The van der Waals surface area contributed by atoms with E-state index in [2.05, 4.69) is 33.8 Å². The highest BCUT2D eigenvalue weighted by Gasteiger charge is 2.34. The summed E-state index contributed by atoms with van der Waals surface area (Å²) in [6.07, 6.45) is 9.19. The number of rotatable bonds is 6. The third-order valence-electron chi connectivity index (χ3n) is 5.31. The Bertz CT molecular complexity index is 723. The Balaban J connectivity index is 1.25. The van der Waals surface area contributed by atoms with Crippen molar-refractivity contribution in [2.75, 3.05) is 5.32 Å². The van der Waals surface area contributed by atoms with Gasteiger partial charge in [-0.15, -0.1) is 11.8 Å². The maximum Gasteiger partial charge on any atom is 0.224 e. The molecule has 2 saturated heterocycles. The number of nitrogens with zero attached hydrogens (tertiary/aromatic N) is 1. The van der Waals surface area contributed by atoms with Crippen LogP contribution in [0.2, 0.25) is 0 Å². The lowest BCUT2D eigenvalue weighted by atomic mass is 9.89. The number of fused-ring (bicyclic) bond motifs is 2. The van der Waals surface area contributed by atoms with Gasteiger partial charge in [-0.05, 0) is 67.5 Å². The number of piperidine rings is 1. The van der Waals surface area contributed by atoms with Gasteiger partial charge in [0.05, 0.1) is 0 Å². The van der Waals surface area contributed by atoms with E-state index in [1.54, 1.807) is 18.0 Å². The van der Waals surface area contributed by atoms with Gasteiger partial charge in [0, 0.05) is 47.2 Å². The Hall–Kier alpha value is -1.85. The Kier molecular flexibility index (Phi) is 5.56. The first-order valence-electron chi connectivity index (χ1n) is 9.42. The Morgan fingerprint density at radius 1 is 1.15 bits per heavy atom. The summed E-state index contributed by atoms with van der Waals surface area (Å²) in [6, 6.07) is 13.5. The molecule has 136 valence electrons. The molecule has 0 aliphatic carbocycles. The number of pyridine rings is 1. The van der Waals surface area contributed by atoms with Crippen LogP contribution >= 0.6 is 11.8 Å². The van der Waals surface area contributed by atoms with Crippen molar-refractivity contribution in [1.29, 1.82) is 0 Å². The van der Waals surface area contributed by atoms with Crippen LogP contribution in [-0.2, 0) is 10.5 Å². The van der Waals surface area contributed by atoms with Crippen LogP contribution in [0.15, 0.2) is 53.7 Å². The molecule has 1 amide bonds. The van der Waals surface area contributed by atoms with Crippen molar-refractivity contribution in [3.63, 3.8) is 0 Å². The van der Waals surface area contributed by atoms with Gasteiger partial charge >= 0.3 is 0 Å². The van der Waals surface area contributed by atoms with E-state index in [-0.39, 0.29) is 5.91 Å². The van der Waals surface area contributed by atoms with Gasteiger partial charge in [0.2, 0.25) is 5.91 Å². The number of carbonyl (C=O) groups is 1. The second-order valence-electron chi connectivity index (χ2n) is 7.40. The normalized spacial score (nSPS) is 24.4. The molecular formula is C21H25N3OS. The molecule has 2 aromatic rings. The molecule has 4 nitrogen and oxygen atoms in total. The van der Waals surface area contributed by atoms with E-state index in [1.807, 2.05) is 24.4 Å². The summed E-state index contributed by atoms with van der Waals surface area (Å²) in [5, 5.41) is 6.70.